The molecule has 2 rings (SSSR count). The Balaban J connectivity index is 2.39. The molecule has 2 heterocycles. The number of pyridine rings is 1. The zero-order chi connectivity index (χ0) is 11.1. The maximum absolute atomic E-state index is 4.62. The van der Waals surface area contributed by atoms with Crippen molar-refractivity contribution in [3.05, 3.63) is 35.8 Å². The lowest BCUT2D eigenvalue weighted by Crippen LogP contribution is -2.09. The van der Waals surface area contributed by atoms with E-state index < -0.39 is 0 Å². The largest absolute Gasteiger partial charge is 0.307 e. The molecule has 0 atom stereocenters. The van der Waals surface area contributed by atoms with Gasteiger partial charge in [-0.3, -0.25) is 0 Å². The van der Waals surface area contributed by atoms with Crippen LogP contribution in [-0.4, -0.2) is 9.38 Å². The van der Waals surface area contributed by atoms with Crippen LogP contribution in [0.15, 0.2) is 24.5 Å². The Hall–Kier alpha value is -1.31. The van der Waals surface area contributed by atoms with Crippen molar-refractivity contribution in [3.8, 4) is 0 Å². The third-order valence-electron chi connectivity index (χ3n) is 2.38. The van der Waals surface area contributed by atoms with Crippen molar-refractivity contribution in [1.82, 2.24) is 9.38 Å². The molecule has 0 unspecified atom stereocenters. The van der Waals surface area contributed by atoms with Gasteiger partial charge >= 0.3 is 0 Å². The molecular formula is C13H18N2. The molecule has 80 valence electrons. The Morgan fingerprint density at radius 2 is 2.07 bits per heavy atom. The van der Waals surface area contributed by atoms with Gasteiger partial charge in [0.2, 0.25) is 0 Å². The van der Waals surface area contributed by atoms with E-state index in [1.165, 1.54) is 11.3 Å². The van der Waals surface area contributed by atoms with E-state index in [1.54, 1.807) is 0 Å². The number of fused-ring (bicyclic) bond motifs is 1. The highest BCUT2D eigenvalue weighted by Gasteiger charge is 2.13. The SMILES string of the molecule is Cc1ccn2cc(CC(C)(C)C)nc2c1. The molecule has 0 aliphatic rings. The number of hydrogen-bond donors (Lipinski definition) is 0. The Bertz CT molecular complexity index is 475. The summed E-state index contributed by atoms with van der Waals surface area (Å²) in [6.45, 7) is 8.81. The van der Waals surface area contributed by atoms with Gasteiger partial charge in [-0.05, 0) is 36.5 Å². The number of imidazole rings is 1. The van der Waals surface area contributed by atoms with Crippen molar-refractivity contribution in [1.29, 1.82) is 0 Å². The Kier molecular flexibility index (Phi) is 2.29. The predicted octanol–water partition coefficient (Wildman–Crippen LogP) is 3.23. The smallest absolute Gasteiger partial charge is 0.137 e. The maximum atomic E-state index is 4.62. The van der Waals surface area contributed by atoms with Crippen LogP contribution in [0, 0.1) is 12.3 Å². The lowest BCUT2D eigenvalue weighted by molar-refractivity contribution is 0.407. The summed E-state index contributed by atoms with van der Waals surface area (Å²) in [5.74, 6) is 0. The van der Waals surface area contributed by atoms with Crippen molar-refractivity contribution in [2.24, 2.45) is 5.41 Å². The number of nitrogens with zero attached hydrogens (tertiary/aromatic N) is 2. The van der Waals surface area contributed by atoms with Crippen LogP contribution in [-0.2, 0) is 6.42 Å². The average molecular weight is 202 g/mol. The summed E-state index contributed by atoms with van der Waals surface area (Å²) >= 11 is 0. The van der Waals surface area contributed by atoms with Gasteiger partial charge in [0, 0.05) is 12.4 Å². The van der Waals surface area contributed by atoms with Crippen LogP contribution in [0.5, 0.6) is 0 Å². The average Bonchev–Trinajstić information content (AvgIpc) is 2.42. The van der Waals surface area contributed by atoms with Gasteiger partial charge in [-0.15, -0.1) is 0 Å². The molecule has 0 amide bonds. The minimum absolute atomic E-state index is 0.299. The van der Waals surface area contributed by atoms with Gasteiger partial charge < -0.3 is 4.40 Å². The molecule has 0 aromatic carbocycles. The normalized spacial score (nSPS) is 12.3. The molecule has 15 heavy (non-hydrogen) atoms. The van der Waals surface area contributed by atoms with E-state index in [0.717, 1.165) is 12.1 Å². The molecule has 0 spiro atoms. The minimum atomic E-state index is 0.299. The molecule has 2 aromatic rings. The molecule has 0 fully saturated rings. The van der Waals surface area contributed by atoms with E-state index in [2.05, 4.69) is 61.6 Å². The molecule has 0 saturated carbocycles. The molecule has 0 aliphatic heterocycles. The molecule has 0 N–H and O–H groups in total. The van der Waals surface area contributed by atoms with Crippen LogP contribution in [0.25, 0.3) is 5.65 Å². The topological polar surface area (TPSA) is 17.3 Å². The van der Waals surface area contributed by atoms with Crippen molar-refractivity contribution < 1.29 is 0 Å². The summed E-state index contributed by atoms with van der Waals surface area (Å²) in [6.07, 6.45) is 5.22. The van der Waals surface area contributed by atoms with Crippen LogP contribution in [0.3, 0.4) is 0 Å². The quantitative estimate of drug-likeness (QED) is 0.694. The Morgan fingerprint density at radius 1 is 1.33 bits per heavy atom. The first-order valence-electron chi connectivity index (χ1n) is 5.38. The van der Waals surface area contributed by atoms with Gasteiger partial charge in [-0.25, -0.2) is 4.98 Å². The van der Waals surface area contributed by atoms with Gasteiger partial charge in [0.1, 0.15) is 5.65 Å². The third kappa shape index (κ3) is 2.38. The highest BCUT2D eigenvalue weighted by Crippen LogP contribution is 2.20. The summed E-state index contributed by atoms with van der Waals surface area (Å²) < 4.78 is 2.09. The molecule has 0 bridgehead atoms. The van der Waals surface area contributed by atoms with Crippen LogP contribution < -0.4 is 0 Å². The second-order valence-electron chi connectivity index (χ2n) is 5.44. The predicted molar refractivity (Wildman–Crippen MR) is 63.1 cm³/mol. The fourth-order valence-corrected chi connectivity index (χ4v) is 1.76. The molecule has 0 radical (unpaired) electrons. The summed E-state index contributed by atoms with van der Waals surface area (Å²) in [6, 6.07) is 4.22. The molecule has 2 nitrogen and oxygen atoms in total. The van der Waals surface area contributed by atoms with E-state index in [0.29, 0.717) is 5.41 Å². The van der Waals surface area contributed by atoms with E-state index >= 15 is 0 Å². The third-order valence-corrected chi connectivity index (χ3v) is 2.38. The van der Waals surface area contributed by atoms with Crippen LogP contribution in [0.2, 0.25) is 0 Å². The molecular weight excluding hydrogens is 184 g/mol. The van der Waals surface area contributed by atoms with Gasteiger partial charge in [-0.1, -0.05) is 20.8 Å². The first-order valence-corrected chi connectivity index (χ1v) is 5.38. The Morgan fingerprint density at radius 3 is 2.73 bits per heavy atom. The van der Waals surface area contributed by atoms with Crippen molar-refractivity contribution in [3.63, 3.8) is 0 Å². The van der Waals surface area contributed by atoms with E-state index in [-0.39, 0.29) is 0 Å². The van der Waals surface area contributed by atoms with Crippen molar-refractivity contribution >= 4 is 5.65 Å². The zero-order valence-electron chi connectivity index (χ0n) is 9.91. The van der Waals surface area contributed by atoms with Crippen molar-refractivity contribution in [2.75, 3.05) is 0 Å². The zero-order valence-corrected chi connectivity index (χ0v) is 9.91. The second kappa shape index (κ2) is 3.37. The summed E-state index contributed by atoms with van der Waals surface area (Å²) in [5, 5.41) is 0. The van der Waals surface area contributed by atoms with Crippen LogP contribution in [0.4, 0.5) is 0 Å². The first kappa shape index (κ1) is 10.2. The lowest BCUT2D eigenvalue weighted by Gasteiger charge is -2.15. The number of rotatable bonds is 1. The first-order chi connectivity index (χ1) is 6.94. The molecule has 0 aliphatic carbocycles. The second-order valence-corrected chi connectivity index (χ2v) is 5.44. The van der Waals surface area contributed by atoms with Gasteiger partial charge in [0.25, 0.3) is 0 Å². The molecule has 0 saturated heterocycles. The fraction of sp³-hybridized carbons (Fsp3) is 0.462. The van der Waals surface area contributed by atoms with Crippen molar-refractivity contribution in [2.45, 2.75) is 34.1 Å². The highest BCUT2D eigenvalue weighted by atomic mass is 15.0. The summed E-state index contributed by atoms with van der Waals surface area (Å²) in [4.78, 5) is 4.62. The maximum Gasteiger partial charge on any atom is 0.137 e. The molecule has 2 heteroatoms. The van der Waals surface area contributed by atoms with Gasteiger partial charge in [0.15, 0.2) is 0 Å². The monoisotopic (exact) mass is 202 g/mol. The molecule has 2 aromatic heterocycles. The van der Waals surface area contributed by atoms with Crippen LogP contribution in [0.1, 0.15) is 32.0 Å². The Labute approximate surface area is 91.0 Å². The summed E-state index contributed by atoms with van der Waals surface area (Å²) in [7, 11) is 0. The lowest BCUT2D eigenvalue weighted by atomic mass is 9.91. The van der Waals surface area contributed by atoms with Gasteiger partial charge in [-0.2, -0.15) is 0 Å². The number of aryl methyl sites for hydroxylation is 1. The summed E-state index contributed by atoms with van der Waals surface area (Å²) in [5.41, 5.74) is 3.78. The van der Waals surface area contributed by atoms with E-state index in [9.17, 15) is 0 Å². The van der Waals surface area contributed by atoms with Gasteiger partial charge in [0.05, 0.1) is 5.69 Å². The standard InChI is InChI=1S/C13H18N2/c1-10-5-6-15-9-11(8-13(2,3)4)14-12(15)7-10/h5-7,9H,8H2,1-4H3. The minimum Gasteiger partial charge on any atom is -0.307 e. The van der Waals surface area contributed by atoms with E-state index in [1.807, 2.05) is 0 Å². The highest BCUT2D eigenvalue weighted by molar-refractivity contribution is 5.42. The number of aromatic nitrogens is 2. The van der Waals surface area contributed by atoms with E-state index in [4.69, 9.17) is 0 Å². The number of hydrogen-bond acceptors (Lipinski definition) is 1. The fourth-order valence-electron chi connectivity index (χ4n) is 1.76. The van der Waals surface area contributed by atoms with Crippen LogP contribution >= 0.6 is 0 Å².